The molecule has 0 unspecified atom stereocenters. The van der Waals surface area contributed by atoms with Crippen molar-refractivity contribution in [2.75, 3.05) is 11.1 Å². The summed E-state index contributed by atoms with van der Waals surface area (Å²) < 4.78 is 15.3. The summed E-state index contributed by atoms with van der Waals surface area (Å²) in [7, 11) is 0. The van der Waals surface area contributed by atoms with E-state index in [1.807, 2.05) is 0 Å². The Morgan fingerprint density at radius 3 is 2.70 bits per heavy atom. The minimum Gasteiger partial charge on any atom is -0.384 e. The number of nitriles is 2. The normalized spacial score (nSPS) is 19.5. The van der Waals surface area contributed by atoms with E-state index in [0.29, 0.717) is 34.7 Å². The van der Waals surface area contributed by atoms with Gasteiger partial charge in [0.1, 0.15) is 5.82 Å². The Hall–Kier alpha value is -2.90. The number of nitrogens with one attached hydrogen (secondary N) is 2. The number of nitrogens with two attached hydrogens (primary N) is 1. The van der Waals surface area contributed by atoms with E-state index in [-0.39, 0.29) is 29.6 Å². The summed E-state index contributed by atoms with van der Waals surface area (Å²) in [5, 5.41) is 25.6. The van der Waals surface area contributed by atoms with E-state index in [0.717, 1.165) is 31.0 Å². The monoisotopic (exact) mass is 381 g/mol. The predicted molar refractivity (Wildman–Crippen MR) is 106 cm³/mol. The number of dihydropyridines is 1. The van der Waals surface area contributed by atoms with Crippen LogP contribution >= 0.6 is 11.8 Å². The van der Waals surface area contributed by atoms with Crippen LogP contribution in [0.5, 0.6) is 0 Å². The van der Waals surface area contributed by atoms with Crippen LogP contribution in [0.15, 0.2) is 52.3 Å². The van der Waals surface area contributed by atoms with Crippen LogP contribution in [0.1, 0.15) is 34.8 Å². The van der Waals surface area contributed by atoms with Gasteiger partial charge in [0.05, 0.1) is 36.8 Å². The number of hydrogen-bond acceptors (Lipinski definition) is 6. The summed E-state index contributed by atoms with van der Waals surface area (Å²) in [5.74, 6) is -0.0733. The average molecular weight is 382 g/mol. The number of rotatable bonds is 4. The highest BCUT2D eigenvalue weighted by Crippen LogP contribution is 2.51. The average Bonchev–Trinajstić information content (AvgIpc) is 2.69. The lowest BCUT2D eigenvalue weighted by Gasteiger charge is -2.40. The van der Waals surface area contributed by atoms with Crippen LogP contribution in [-0.4, -0.2) is 11.7 Å². The van der Waals surface area contributed by atoms with Crippen LogP contribution in [0.25, 0.3) is 0 Å². The Morgan fingerprint density at radius 2 is 2.04 bits per heavy atom. The zero-order valence-corrected chi connectivity index (χ0v) is 15.6. The second kappa shape index (κ2) is 8.20. The molecular weight excluding hydrogens is 358 g/mol. The van der Waals surface area contributed by atoms with E-state index >= 15 is 0 Å². The lowest BCUT2D eigenvalue weighted by Crippen LogP contribution is -2.39. The van der Waals surface area contributed by atoms with Crippen molar-refractivity contribution in [2.45, 2.75) is 32.1 Å². The van der Waals surface area contributed by atoms with Crippen molar-refractivity contribution in [3.05, 3.63) is 52.3 Å². The molecule has 0 bridgehead atoms. The number of carbonyl (C=O) groups is 1. The third kappa shape index (κ3) is 3.79. The number of thioether (sulfide) groups is 1. The molecule has 1 heterocycles. The lowest BCUT2D eigenvalue weighted by atomic mass is 9.64. The maximum Gasteiger partial charge on any atom is 0.234 e. The van der Waals surface area contributed by atoms with Gasteiger partial charge in [-0.3, -0.25) is 4.79 Å². The molecule has 1 aliphatic carbocycles. The first-order valence-corrected chi connectivity index (χ1v) is 9.72. The molecule has 1 aromatic carbocycles. The van der Waals surface area contributed by atoms with Crippen molar-refractivity contribution < 1.29 is 7.54 Å². The van der Waals surface area contributed by atoms with Crippen molar-refractivity contribution in [1.82, 2.24) is 5.32 Å². The van der Waals surface area contributed by atoms with E-state index in [1.165, 1.54) is 18.2 Å². The van der Waals surface area contributed by atoms with Gasteiger partial charge in [-0.25, -0.2) is 0 Å². The van der Waals surface area contributed by atoms with Gasteiger partial charge in [0.15, 0.2) is 0 Å². The second-order valence-electron chi connectivity index (χ2n) is 6.52. The molecule has 4 N–H and O–H groups in total. The fraction of sp³-hybridized carbons (Fsp3) is 0.350. The van der Waals surface area contributed by atoms with E-state index < -0.39 is 5.41 Å². The molecular formula is C20H21N5OS. The zero-order chi connectivity index (χ0) is 21.0. The number of amides is 1. The molecule has 0 aromatic heterocycles. The molecule has 2 aliphatic rings. The Labute approximate surface area is 165 Å². The summed E-state index contributed by atoms with van der Waals surface area (Å²) >= 11 is 1.16. The Morgan fingerprint density at radius 1 is 1.30 bits per heavy atom. The Kier molecular flexibility index (Phi) is 4.94. The van der Waals surface area contributed by atoms with Gasteiger partial charge in [-0.1, -0.05) is 49.2 Å². The van der Waals surface area contributed by atoms with Gasteiger partial charge in [-0.05, 0) is 25.0 Å². The van der Waals surface area contributed by atoms with Gasteiger partial charge >= 0.3 is 0 Å². The number of nitrogens with zero attached hydrogens (tertiary/aromatic N) is 2. The van der Waals surface area contributed by atoms with Crippen molar-refractivity contribution in [3.8, 4) is 12.1 Å². The molecule has 0 atom stereocenters. The van der Waals surface area contributed by atoms with Gasteiger partial charge in [-0.2, -0.15) is 10.5 Å². The van der Waals surface area contributed by atoms with Crippen molar-refractivity contribution in [1.29, 1.82) is 10.5 Å². The Balaban J connectivity index is 1.79. The topological polar surface area (TPSA) is 115 Å². The molecule has 138 valence electrons. The molecule has 1 aliphatic heterocycles. The van der Waals surface area contributed by atoms with Gasteiger partial charge < -0.3 is 16.4 Å². The smallest absolute Gasteiger partial charge is 0.234 e. The first-order valence-electron chi connectivity index (χ1n) is 9.73. The van der Waals surface area contributed by atoms with Crippen molar-refractivity contribution >= 4 is 23.4 Å². The molecule has 3 rings (SSSR count). The molecule has 0 saturated heterocycles. The summed E-state index contributed by atoms with van der Waals surface area (Å²) in [6, 6.07) is 9.09. The highest BCUT2D eigenvalue weighted by atomic mass is 32.2. The zero-order valence-electron chi connectivity index (χ0n) is 16.8. The number of carbonyl (C=O) groups excluding carboxylic acids is 1. The molecule has 1 saturated carbocycles. The third-order valence-corrected chi connectivity index (χ3v) is 5.91. The molecule has 27 heavy (non-hydrogen) atoms. The molecule has 7 heteroatoms. The highest BCUT2D eigenvalue weighted by molar-refractivity contribution is 8.03. The highest BCUT2D eigenvalue weighted by Gasteiger charge is 2.45. The van der Waals surface area contributed by atoms with Gasteiger partial charge in [0.25, 0.3) is 0 Å². The van der Waals surface area contributed by atoms with Gasteiger partial charge in [0, 0.05) is 11.1 Å². The molecule has 1 fully saturated rings. The van der Waals surface area contributed by atoms with E-state index in [1.54, 1.807) is 0 Å². The van der Waals surface area contributed by atoms with Gasteiger partial charge in [0.2, 0.25) is 5.91 Å². The fourth-order valence-corrected chi connectivity index (χ4v) is 4.60. The van der Waals surface area contributed by atoms with E-state index in [4.69, 9.17) is 8.48 Å². The maximum absolute atomic E-state index is 12.4. The largest absolute Gasteiger partial charge is 0.384 e. The summed E-state index contributed by atoms with van der Waals surface area (Å²) in [5.41, 5.74) is 6.65. The summed E-state index contributed by atoms with van der Waals surface area (Å²) in [6.07, 6.45) is 4.28. The standard InChI is InChI=1S/C20H21N5OS/c21-11-15-18(23)25-19(16(12-22)20(15)9-5-2-6-10-20)27-13-17(26)24-14-7-3-1-4-8-14/h1,3-4,7-8,25H,2,5-6,9-10,13,23H2,(H,24,26)/i1D,7D. The predicted octanol–water partition coefficient (Wildman–Crippen LogP) is 3.34. The van der Waals surface area contributed by atoms with E-state index in [2.05, 4.69) is 22.8 Å². The van der Waals surface area contributed by atoms with Gasteiger partial charge in [-0.15, -0.1) is 0 Å². The fourth-order valence-electron chi connectivity index (χ4n) is 3.68. The first-order chi connectivity index (χ1) is 13.9. The number of hydrogen-bond donors (Lipinski definition) is 3. The molecule has 1 amide bonds. The van der Waals surface area contributed by atoms with E-state index in [9.17, 15) is 15.3 Å². The maximum atomic E-state index is 12.4. The van der Waals surface area contributed by atoms with Crippen LogP contribution in [0.4, 0.5) is 5.69 Å². The molecule has 0 radical (unpaired) electrons. The Bertz CT molecular complexity index is 984. The molecule has 6 nitrogen and oxygen atoms in total. The van der Waals surface area contributed by atoms with Crippen LogP contribution in [-0.2, 0) is 4.79 Å². The molecule has 1 aromatic rings. The third-order valence-electron chi connectivity index (χ3n) is 4.91. The lowest BCUT2D eigenvalue weighted by molar-refractivity contribution is -0.113. The van der Waals surface area contributed by atoms with Crippen LogP contribution < -0.4 is 16.4 Å². The minimum atomic E-state index is -0.672. The van der Waals surface area contributed by atoms with Crippen LogP contribution in [0, 0.1) is 28.1 Å². The van der Waals surface area contributed by atoms with Crippen molar-refractivity contribution in [3.63, 3.8) is 0 Å². The SMILES string of the molecule is [2H]c1ccc(NC(=O)CSC2=C(C#N)C3(CCCCC3)C(C#N)=C(N)N2)c([2H])c1. The van der Waals surface area contributed by atoms with Crippen molar-refractivity contribution in [2.24, 2.45) is 11.1 Å². The number of allylic oxidation sites excluding steroid dienone is 2. The second-order valence-corrected chi connectivity index (χ2v) is 7.51. The number of benzene rings is 1. The summed E-state index contributed by atoms with van der Waals surface area (Å²) in [4.78, 5) is 12.4. The van der Waals surface area contributed by atoms with Crippen LogP contribution in [0.2, 0.25) is 0 Å². The molecule has 1 spiro atoms. The van der Waals surface area contributed by atoms with Crippen LogP contribution in [0.3, 0.4) is 0 Å². The minimum absolute atomic E-state index is 0.0147. The quantitative estimate of drug-likeness (QED) is 0.737. The number of para-hydroxylation sites is 1. The first kappa shape index (κ1) is 16.3. The number of anilines is 1. The summed E-state index contributed by atoms with van der Waals surface area (Å²) in [6.45, 7) is 0.